The van der Waals surface area contributed by atoms with E-state index in [9.17, 15) is 5.11 Å². The fourth-order valence-corrected chi connectivity index (χ4v) is 3.41. The molecule has 1 aromatic rings. The second-order valence-corrected chi connectivity index (χ2v) is 5.36. The largest absolute Gasteiger partial charge is 0.508 e. The predicted molar refractivity (Wildman–Crippen MR) is 70.6 cm³/mol. The van der Waals surface area contributed by atoms with E-state index >= 15 is 0 Å². The molecule has 0 spiro atoms. The maximum atomic E-state index is 9.95. The Labute approximate surface area is 103 Å². The van der Waals surface area contributed by atoms with Gasteiger partial charge in [0.1, 0.15) is 5.75 Å². The maximum absolute atomic E-state index is 9.95. The lowest BCUT2D eigenvalue weighted by molar-refractivity contribution is 0.404. The highest BCUT2D eigenvalue weighted by Crippen LogP contribution is 2.37. The van der Waals surface area contributed by atoms with Crippen molar-refractivity contribution in [3.8, 4) is 5.75 Å². The van der Waals surface area contributed by atoms with Gasteiger partial charge in [-0.25, -0.2) is 0 Å². The zero-order valence-corrected chi connectivity index (χ0v) is 10.4. The topological polar surface area (TPSA) is 23.5 Å². The van der Waals surface area contributed by atoms with Crippen molar-refractivity contribution in [1.82, 2.24) is 0 Å². The van der Waals surface area contributed by atoms with Gasteiger partial charge in [0.05, 0.1) is 0 Å². The molecule has 1 saturated carbocycles. The third kappa shape index (κ3) is 2.01. The van der Waals surface area contributed by atoms with Crippen LogP contribution in [0.2, 0.25) is 0 Å². The van der Waals surface area contributed by atoms with E-state index in [2.05, 4.69) is 11.0 Å². The number of benzene rings is 1. The minimum absolute atomic E-state index is 0.489. The van der Waals surface area contributed by atoms with E-state index in [4.69, 9.17) is 0 Å². The molecular formula is C15H21NO. The van der Waals surface area contributed by atoms with Crippen LogP contribution in [0, 0.1) is 0 Å². The van der Waals surface area contributed by atoms with Gasteiger partial charge in [0.2, 0.25) is 0 Å². The monoisotopic (exact) mass is 231 g/mol. The molecule has 0 saturated heterocycles. The molecule has 0 amide bonds. The molecule has 0 bridgehead atoms. The Hall–Kier alpha value is -1.18. The summed E-state index contributed by atoms with van der Waals surface area (Å²) in [6.07, 6.45) is 9.01. The molecule has 1 N–H and O–H groups in total. The van der Waals surface area contributed by atoms with Crippen LogP contribution in [0.15, 0.2) is 18.2 Å². The Morgan fingerprint density at radius 1 is 1.06 bits per heavy atom. The van der Waals surface area contributed by atoms with Gasteiger partial charge in [-0.05, 0) is 37.8 Å². The molecular weight excluding hydrogens is 210 g/mol. The Balaban J connectivity index is 1.90. The first-order chi connectivity index (χ1) is 8.36. The van der Waals surface area contributed by atoms with Crippen LogP contribution < -0.4 is 4.90 Å². The normalized spacial score (nSPS) is 21.3. The highest BCUT2D eigenvalue weighted by molar-refractivity contribution is 5.61. The van der Waals surface area contributed by atoms with Gasteiger partial charge in [0.25, 0.3) is 0 Å². The van der Waals surface area contributed by atoms with Crippen molar-refractivity contribution in [3.63, 3.8) is 0 Å². The maximum Gasteiger partial charge on any atom is 0.120 e. The van der Waals surface area contributed by atoms with Crippen molar-refractivity contribution in [1.29, 1.82) is 0 Å². The molecule has 2 heteroatoms. The summed E-state index contributed by atoms with van der Waals surface area (Å²) in [4.78, 5) is 2.55. The van der Waals surface area contributed by atoms with E-state index in [-0.39, 0.29) is 0 Å². The fraction of sp³-hybridized carbons (Fsp3) is 0.600. The second-order valence-electron chi connectivity index (χ2n) is 5.36. The van der Waals surface area contributed by atoms with Gasteiger partial charge in [-0.15, -0.1) is 0 Å². The average molecular weight is 231 g/mol. The molecule has 0 aromatic heterocycles. The molecule has 1 fully saturated rings. The minimum atomic E-state index is 0.489. The molecule has 0 radical (unpaired) electrons. The Kier molecular flexibility index (Phi) is 2.96. The van der Waals surface area contributed by atoms with Gasteiger partial charge >= 0.3 is 0 Å². The Morgan fingerprint density at radius 2 is 1.88 bits per heavy atom. The lowest BCUT2D eigenvalue weighted by Crippen LogP contribution is -2.40. The number of fused-ring (bicyclic) bond motifs is 1. The van der Waals surface area contributed by atoms with E-state index in [0.717, 1.165) is 6.42 Å². The van der Waals surface area contributed by atoms with E-state index < -0.39 is 0 Å². The first-order valence-electron chi connectivity index (χ1n) is 6.94. The SMILES string of the molecule is Oc1cccc2c1CCCN2C1CCCCC1. The highest BCUT2D eigenvalue weighted by Gasteiger charge is 2.26. The van der Waals surface area contributed by atoms with Crippen molar-refractivity contribution in [3.05, 3.63) is 23.8 Å². The van der Waals surface area contributed by atoms with Gasteiger partial charge in [0.15, 0.2) is 0 Å². The number of aromatic hydroxyl groups is 1. The summed E-state index contributed by atoms with van der Waals surface area (Å²) in [6, 6.07) is 6.70. The molecule has 17 heavy (non-hydrogen) atoms. The van der Waals surface area contributed by atoms with Crippen molar-refractivity contribution in [2.24, 2.45) is 0 Å². The quantitative estimate of drug-likeness (QED) is 0.800. The molecule has 1 heterocycles. The summed E-state index contributed by atoms with van der Waals surface area (Å²) in [6.45, 7) is 1.17. The standard InChI is InChI=1S/C15H21NO/c17-15-10-4-9-14-13(15)8-5-11-16(14)12-6-2-1-3-7-12/h4,9-10,12,17H,1-3,5-8,11H2. The highest BCUT2D eigenvalue weighted by atomic mass is 16.3. The number of phenolic OH excluding ortho intramolecular Hbond substituents is 1. The molecule has 3 rings (SSSR count). The van der Waals surface area contributed by atoms with Crippen molar-refractivity contribution < 1.29 is 5.11 Å². The molecule has 2 aliphatic rings. The summed E-state index contributed by atoms with van der Waals surface area (Å²) >= 11 is 0. The second kappa shape index (κ2) is 4.59. The molecule has 92 valence electrons. The summed E-state index contributed by atoms with van der Waals surface area (Å²) < 4.78 is 0. The Morgan fingerprint density at radius 3 is 2.71 bits per heavy atom. The number of hydrogen-bond acceptors (Lipinski definition) is 2. The first kappa shape index (κ1) is 10.9. The first-order valence-corrected chi connectivity index (χ1v) is 6.94. The third-order valence-electron chi connectivity index (χ3n) is 4.28. The number of hydrogen-bond donors (Lipinski definition) is 1. The van der Waals surface area contributed by atoms with Gasteiger partial charge in [-0.1, -0.05) is 25.3 Å². The number of phenols is 1. The van der Waals surface area contributed by atoms with Gasteiger partial charge in [-0.2, -0.15) is 0 Å². The summed E-state index contributed by atoms with van der Waals surface area (Å²) in [7, 11) is 0. The van der Waals surface area contributed by atoms with Crippen molar-refractivity contribution in [2.75, 3.05) is 11.4 Å². The average Bonchev–Trinajstić information content (AvgIpc) is 2.40. The van der Waals surface area contributed by atoms with Crippen LogP contribution in [-0.2, 0) is 6.42 Å². The predicted octanol–water partition coefficient (Wildman–Crippen LogP) is 3.48. The molecule has 2 nitrogen and oxygen atoms in total. The molecule has 1 aromatic carbocycles. The van der Waals surface area contributed by atoms with Gasteiger partial charge in [-0.3, -0.25) is 0 Å². The molecule has 1 aliphatic heterocycles. The smallest absolute Gasteiger partial charge is 0.120 e. The van der Waals surface area contributed by atoms with Crippen LogP contribution >= 0.6 is 0 Å². The number of rotatable bonds is 1. The summed E-state index contributed by atoms with van der Waals surface area (Å²) in [5, 5.41) is 9.95. The van der Waals surface area contributed by atoms with E-state index in [0.29, 0.717) is 11.8 Å². The van der Waals surface area contributed by atoms with Crippen LogP contribution in [0.3, 0.4) is 0 Å². The number of nitrogens with zero attached hydrogens (tertiary/aromatic N) is 1. The summed E-state index contributed by atoms with van der Waals surface area (Å²) in [5.41, 5.74) is 2.47. The third-order valence-corrected chi connectivity index (χ3v) is 4.28. The van der Waals surface area contributed by atoms with Crippen LogP contribution in [0.25, 0.3) is 0 Å². The lowest BCUT2D eigenvalue weighted by Gasteiger charge is -2.40. The van der Waals surface area contributed by atoms with Crippen LogP contribution in [0.1, 0.15) is 44.1 Å². The van der Waals surface area contributed by atoms with E-state index in [1.807, 2.05) is 12.1 Å². The summed E-state index contributed by atoms with van der Waals surface area (Å²) in [5.74, 6) is 0.489. The van der Waals surface area contributed by atoms with Crippen LogP contribution in [0.4, 0.5) is 5.69 Å². The van der Waals surface area contributed by atoms with Gasteiger partial charge in [0, 0.05) is 23.8 Å². The Bertz CT molecular complexity index is 396. The van der Waals surface area contributed by atoms with E-state index in [1.165, 1.54) is 56.3 Å². The number of anilines is 1. The van der Waals surface area contributed by atoms with Crippen molar-refractivity contribution in [2.45, 2.75) is 51.0 Å². The minimum Gasteiger partial charge on any atom is -0.508 e. The van der Waals surface area contributed by atoms with Crippen LogP contribution in [0.5, 0.6) is 5.75 Å². The molecule has 0 atom stereocenters. The molecule has 0 unspecified atom stereocenters. The lowest BCUT2D eigenvalue weighted by atomic mass is 9.91. The molecule has 1 aliphatic carbocycles. The zero-order valence-electron chi connectivity index (χ0n) is 10.4. The van der Waals surface area contributed by atoms with E-state index in [1.54, 1.807) is 0 Å². The van der Waals surface area contributed by atoms with Crippen LogP contribution in [-0.4, -0.2) is 17.7 Å². The zero-order chi connectivity index (χ0) is 11.7. The van der Waals surface area contributed by atoms with Crippen molar-refractivity contribution >= 4 is 5.69 Å². The van der Waals surface area contributed by atoms with Gasteiger partial charge < -0.3 is 10.0 Å². The fourth-order valence-electron chi connectivity index (χ4n) is 3.41.